The molecule has 0 aromatic carbocycles. The summed E-state index contributed by atoms with van der Waals surface area (Å²) in [7, 11) is 0. The Morgan fingerprint density at radius 2 is 2.20 bits per heavy atom. The Morgan fingerprint density at radius 1 is 1.36 bits per heavy atom. The first-order chi connectivity index (χ1) is 12.3. The first-order valence-corrected chi connectivity index (χ1v) is 10.3. The van der Waals surface area contributed by atoms with Crippen LogP contribution in [0.25, 0.3) is 0 Å². The molecule has 0 radical (unpaired) electrons. The summed E-state index contributed by atoms with van der Waals surface area (Å²) in [4.78, 5) is 4.80. The van der Waals surface area contributed by atoms with E-state index in [1.54, 1.807) is 6.26 Å². The predicted molar refractivity (Wildman–Crippen MR) is 103 cm³/mol. The van der Waals surface area contributed by atoms with Crippen LogP contribution in [0.2, 0.25) is 0 Å². The molecule has 1 aromatic heterocycles. The van der Waals surface area contributed by atoms with Crippen LogP contribution in [0.1, 0.15) is 31.9 Å². The van der Waals surface area contributed by atoms with Crippen LogP contribution < -0.4 is 10.6 Å². The quantitative estimate of drug-likeness (QED) is 0.375. The number of guanidine groups is 1. The van der Waals surface area contributed by atoms with Gasteiger partial charge < -0.3 is 24.5 Å². The van der Waals surface area contributed by atoms with Crippen molar-refractivity contribution in [2.75, 3.05) is 45.7 Å². The van der Waals surface area contributed by atoms with Crippen LogP contribution in [0.4, 0.5) is 0 Å². The summed E-state index contributed by atoms with van der Waals surface area (Å²) < 4.78 is 16.5. The third-order valence-corrected chi connectivity index (χ3v) is 5.69. The van der Waals surface area contributed by atoms with Gasteiger partial charge in [0.15, 0.2) is 5.96 Å². The molecule has 1 saturated heterocycles. The second-order valence-corrected chi connectivity index (χ2v) is 7.38. The zero-order valence-corrected chi connectivity index (χ0v) is 16.2. The second-order valence-electron chi connectivity index (χ2n) is 6.11. The standard InChI is InChI=1S/C18H31N3O3S/c1-3-19-17(21-15-18(25-2)7-12-22-13-8-18)20-9-5-10-23-14-16-6-4-11-24-16/h4,6,11H,3,5,7-10,12-15H2,1-2H3,(H2,19,20,21). The molecule has 0 aliphatic carbocycles. The van der Waals surface area contributed by atoms with Crippen molar-refractivity contribution >= 4 is 17.7 Å². The van der Waals surface area contributed by atoms with E-state index in [0.29, 0.717) is 13.2 Å². The van der Waals surface area contributed by atoms with Crippen LogP contribution in [0.5, 0.6) is 0 Å². The van der Waals surface area contributed by atoms with E-state index in [0.717, 1.165) is 63.8 Å². The summed E-state index contributed by atoms with van der Waals surface area (Å²) in [6, 6.07) is 3.80. The summed E-state index contributed by atoms with van der Waals surface area (Å²) in [5.41, 5.74) is 0. The van der Waals surface area contributed by atoms with Gasteiger partial charge in [-0.3, -0.25) is 4.99 Å². The van der Waals surface area contributed by atoms with E-state index in [-0.39, 0.29) is 4.75 Å². The molecule has 1 aliphatic rings. The Labute approximate surface area is 155 Å². The number of hydrogen-bond donors (Lipinski definition) is 2. The van der Waals surface area contributed by atoms with E-state index in [4.69, 9.17) is 18.9 Å². The Balaban J connectivity index is 1.68. The lowest BCUT2D eigenvalue weighted by molar-refractivity contribution is 0.0794. The van der Waals surface area contributed by atoms with Crippen molar-refractivity contribution in [3.05, 3.63) is 24.2 Å². The number of aliphatic imine (C=N–C) groups is 1. The molecule has 7 heteroatoms. The summed E-state index contributed by atoms with van der Waals surface area (Å²) in [6.07, 6.45) is 6.90. The van der Waals surface area contributed by atoms with E-state index in [2.05, 4.69) is 23.8 Å². The molecular weight excluding hydrogens is 338 g/mol. The highest BCUT2D eigenvalue weighted by atomic mass is 32.2. The van der Waals surface area contributed by atoms with Crippen molar-refractivity contribution in [1.29, 1.82) is 0 Å². The predicted octanol–water partition coefficient (Wildman–Crippen LogP) is 2.65. The Morgan fingerprint density at radius 3 is 2.88 bits per heavy atom. The average molecular weight is 370 g/mol. The first kappa shape index (κ1) is 20.1. The summed E-state index contributed by atoms with van der Waals surface area (Å²) in [5, 5.41) is 6.71. The summed E-state index contributed by atoms with van der Waals surface area (Å²) >= 11 is 1.92. The molecule has 0 atom stereocenters. The number of thioether (sulfide) groups is 1. The first-order valence-electron chi connectivity index (χ1n) is 9.03. The molecule has 0 amide bonds. The maximum Gasteiger partial charge on any atom is 0.191 e. The minimum absolute atomic E-state index is 0.215. The second kappa shape index (κ2) is 11.4. The number of nitrogens with one attached hydrogen (secondary N) is 2. The molecule has 142 valence electrons. The third kappa shape index (κ3) is 7.30. The largest absolute Gasteiger partial charge is 0.467 e. The number of rotatable bonds is 10. The highest BCUT2D eigenvalue weighted by Gasteiger charge is 2.31. The van der Waals surface area contributed by atoms with Gasteiger partial charge in [-0.1, -0.05) is 0 Å². The van der Waals surface area contributed by atoms with Crippen molar-refractivity contribution in [1.82, 2.24) is 10.6 Å². The van der Waals surface area contributed by atoms with E-state index >= 15 is 0 Å². The molecule has 6 nitrogen and oxygen atoms in total. The van der Waals surface area contributed by atoms with Gasteiger partial charge in [-0.15, -0.1) is 0 Å². The molecule has 0 spiro atoms. The number of furan rings is 1. The van der Waals surface area contributed by atoms with Crippen molar-refractivity contribution in [2.24, 2.45) is 4.99 Å². The highest BCUT2D eigenvalue weighted by molar-refractivity contribution is 8.00. The molecular formula is C18H31N3O3S. The van der Waals surface area contributed by atoms with Crippen LogP contribution in [0.3, 0.4) is 0 Å². The fourth-order valence-corrected chi connectivity index (χ4v) is 3.45. The minimum atomic E-state index is 0.215. The normalized spacial score (nSPS) is 17.4. The number of hydrogen-bond acceptors (Lipinski definition) is 5. The molecule has 1 aliphatic heterocycles. The van der Waals surface area contributed by atoms with E-state index < -0.39 is 0 Å². The Bertz CT molecular complexity index is 488. The maximum absolute atomic E-state index is 5.60. The number of nitrogens with zero attached hydrogens (tertiary/aromatic N) is 1. The molecule has 0 saturated carbocycles. The van der Waals surface area contributed by atoms with Gasteiger partial charge in [0, 0.05) is 37.7 Å². The summed E-state index contributed by atoms with van der Waals surface area (Å²) in [6.45, 7) is 7.50. The third-order valence-electron chi connectivity index (χ3n) is 4.29. The Kier molecular flexibility index (Phi) is 9.21. The molecule has 0 unspecified atom stereocenters. The van der Waals surface area contributed by atoms with Crippen LogP contribution in [-0.4, -0.2) is 56.4 Å². The average Bonchev–Trinajstić information content (AvgIpc) is 3.16. The van der Waals surface area contributed by atoms with Crippen LogP contribution in [-0.2, 0) is 16.1 Å². The fraction of sp³-hybridized carbons (Fsp3) is 0.722. The van der Waals surface area contributed by atoms with Gasteiger partial charge in [0.25, 0.3) is 0 Å². The van der Waals surface area contributed by atoms with Gasteiger partial charge in [0.2, 0.25) is 0 Å². The van der Waals surface area contributed by atoms with Crippen molar-refractivity contribution in [3.8, 4) is 0 Å². The SMILES string of the molecule is CCNC(=NCC1(SC)CCOCC1)NCCCOCc1ccco1. The maximum atomic E-state index is 5.60. The van der Waals surface area contributed by atoms with E-state index in [1.807, 2.05) is 23.9 Å². The van der Waals surface area contributed by atoms with Crippen LogP contribution in [0, 0.1) is 0 Å². The molecule has 2 N–H and O–H groups in total. The highest BCUT2D eigenvalue weighted by Crippen LogP contribution is 2.33. The van der Waals surface area contributed by atoms with Crippen LogP contribution >= 0.6 is 11.8 Å². The van der Waals surface area contributed by atoms with Crippen molar-refractivity contribution in [2.45, 2.75) is 37.5 Å². The molecule has 1 aromatic rings. The molecule has 2 rings (SSSR count). The lowest BCUT2D eigenvalue weighted by atomic mass is 9.99. The topological polar surface area (TPSA) is 68.0 Å². The molecule has 0 bridgehead atoms. The molecule has 25 heavy (non-hydrogen) atoms. The van der Waals surface area contributed by atoms with Crippen LogP contribution in [0.15, 0.2) is 27.8 Å². The van der Waals surface area contributed by atoms with Crippen molar-refractivity contribution in [3.63, 3.8) is 0 Å². The minimum Gasteiger partial charge on any atom is -0.467 e. The van der Waals surface area contributed by atoms with Gasteiger partial charge in [-0.2, -0.15) is 11.8 Å². The lowest BCUT2D eigenvalue weighted by Gasteiger charge is -2.34. The monoisotopic (exact) mass is 369 g/mol. The zero-order chi connectivity index (χ0) is 17.8. The van der Waals surface area contributed by atoms with E-state index in [1.165, 1.54) is 0 Å². The van der Waals surface area contributed by atoms with Crippen molar-refractivity contribution < 1.29 is 13.9 Å². The molecule has 2 heterocycles. The van der Waals surface area contributed by atoms with Gasteiger partial charge in [0.1, 0.15) is 12.4 Å². The molecule has 1 fully saturated rings. The zero-order valence-electron chi connectivity index (χ0n) is 15.4. The number of ether oxygens (including phenoxy) is 2. The van der Waals surface area contributed by atoms with Gasteiger partial charge in [-0.25, -0.2) is 0 Å². The van der Waals surface area contributed by atoms with E-state index in [9.17, 15) is 0 Å². The fourth-order valence-electron chi connectivity index (χ4n) is 2.68. The lowest BCUT2D eigenvalue weighted by Crippen LogP contribution is -2.41. The van der Waals surface area contributed by atoms with Gasteiger partial charge in [0.05, 0.1) is 12.8 Å². The Hall–Kier alpha value is -1.18. The smallest absolute Gasteiger partial charge is 0.191 e. The van der Waals surface area contributed by atoms with Gasteiger partial charge >= 0.3 is 0 Å². The van der Waals surface area contributed by atoms with Gasteiger partial charge in [-0.05, 0) is 44.6 Å². The summed E-state index contributed by atoms with van der Waals surface area (Å²) in [5.74, 6) is 1.75.